The van der Waals surface area contributed by atoms with Crippen LogP contribution in [0.2, 0.25) is 20.1 Å². The average molecular weight is 350 g/mol. The van der Waals surface area contributed by atoms with Crippen LogP contribution in [0.1, 0.15) is 10.4 Å². The van der Waals surface area contributed by atoms with Crippen molar-refractivity contribution in [3.63, 3.8) is 0 Å². The van der Waals surface area contributed by atoms with Crippen LogP contribution in [0.15, 0.2) is 30.3 Å². The molecule has 0 unspecified atom stereocenters. The summed E-state index contributed by atoms with van der Waals surface area (Å²) in [5.41, 5.74) is 6.54. The Balaban J connectivity index is 2.33. The number of benzene rings is 2. The van der Waals surface area contributed by atoms with Crippen molar-refractivity contribution in [3.05, 3.63) is 56.0 Å². The number of hydrogen-bond donors (Lipinski definition) is 2. The van der Waals surface area contributed by atoms with Gasteiger partial charge in [0.25, 0.3) is 5.91 Å². The fourth-order valence-corrected chi connectivity index (χ4v) is 2.31. The zero-order valence-electron chi connectivity index (χ0n) is 9.88. The third-order valence-electron chi connectivity index (χ3n) is 2.56. The van der Waals surface area contributed by atoms with Crippen LogP contribution in [0.5, 0.6) is 0 Å². The van der Waals surface area contributed by atoms with Crippen molar-refractivity contribution < 1.29 is 4.79 Å². The Hall–Kier alpha value is -1.13. The summed E-state index contributed by atoms with van der Waals surface area (Å²) in [5, 5.41) is 3.77. The molecule has 0 aliphatic heterocycles. The monoisotopic (exact) mass is 348 g/mol. The number of halogens is 4. The van der Waals surface area contributed by atoms with Crippen LogP contribution < -0.4 is 11.1 Å². The van der Waals surface area contributed by atoms with Gasteiger partial charge in [-0.25, -0.2) is 0 Å². The molecule has 7 heteroatoms. The maximum Gasteiger partial charge on any atom is 0.257 e. The molecule has 0 heterocycles. The molecule has 2 aromatic rings. The minimum atomic E-state index is -0.440. The Bertz CT molecular complexity index is 688. The smallest absolute Gasteiger partial charge is 0.257 e. The summed E-state index contributed by atoms with van der Waals surface area (Å²) in [4.78, 5) is 12.2. The summed E-state index contributed by atoms with van der Waals surface area (Å²) in [5.74, 6) is -0.440. The molecule has 1 amide bonds. The van der Waals surface area contributed by atoms with E-state index in [9.17, 15) is 4.79 Å². The van der Waals surface area contributed by atoms with Crippen molar-refractivity contribution in [1.82, 2.24) is 0 Å². The second kappa shape index (κ2) is 6.10. The van der Waals surface area contributed by atoms with Gasteiger partial charge in [-0.2, -0.15) is 0 Å². The number of anilines is 2. The number of nitrogens with one attached hydrogen (secondary N) is 1. The second-order valence-corrected chi connectivity index (χ2v) is 5.53. The van der Waals surface area contributed by atoms with E-state index in [4.69, 9.17) is 52.1 Å². The van der Waals surface area contributed by atoms with Gasteiger partial charge in [0.1, 0.15) is 0 Å². The molecule has 3 nitrogen and oxygen atoms in total. The van der Waals surface area contributed by atoms with Gasteiger partial charge in [-0.15, -0.1) is 0 Å². The molecule has 0 saturated carbocycles. The molecule has 0 aliphatic carbocycles. The summed E-state index contributed by atoms with van der Waals surface area (Å²) < 4.78 is 0. The number of hydrogen-bond acceptors (Lipinski definition) is 2. The highest BCUT2D eigenvalue weighted by Crippen LogP contribution is 2.33. The lowest BCUT2D eigenvalue weighted by Gasteiger charge is -2.10. The highest BCUT2D eigenvalue weighted by Gasteiger charge is 2.14. The van der Waals surface area contributed by atoms with Crippen molar-refractivity contribution in [2.75, 3.05) is 11.1 Å². The molecule has 20 heavy (non-hydrogen) atoms. The Morgan fingerprint density at radius 1 is 0.950 bits per heavy atom. The van der Waals surface area contributed by atoms with Crippen molar-refractivity contribution >= 4 is 63.7 Å². The molecule has 0 saturated heterocycles. The lowest BCUT2D eigenvalue weighted by atomic mass is 10.1. The SMILES string of the molecule is Nc1c(Cl)cccc1C(=O)Nc1cc(Cl)c(Cl)cc1Cl. The van der Waals surface area contributed by atoms with Crippen LogP contribution in [0.4, 0.5) is 11.4 Å². The van der Waals surface area contributed by atoms with E-state index >= 15 is 0 Å². The first-order valence-corrected chi connectivity index (χ1v) is 6.91. The molecular weight excluding hydrogens is 342 g/mol. The van der Waals surface area contributed by atoms with Crippen molar-refractivity contribution in [2.45, 2.75) is 0 Å². The summed E-state index contributed by atoms with van der Waals surface area (Å²) in [7, 11) is 0. The van der Waals surface area contributed by atoms with E-state index in [-0.39, 0.29) is 21.3 Å². The molecular formula is C13H8Cl4N2O. The van der Waals surface area contributed by atoms with E-state index in [1.807, 2.05) is 0 Å². The van der Waals surface area contributed by atoms with Gasteiger partial charge in [-0.1, -0.05) is 52.5 Å². The van der Waals surface area contributed by atoms with Gasteiger partial charge in [0.15, 0.2) is 0 Å². The molecule has 0 radical (unpaired) electrons. The number of amides is 1. The Morgan fingerprint density at radius 3 is 2.30 bits per heavy atom. The van der Waals surface area contributed by atoms with Crippen LogP contribution in [-0.4, -0.2) is 5.91 Å². The predicted octanol–water partition coefficient (Wildman–Crippen LogP) is 5.13. The lowest BCUT2D eigenvalue weighted by Crippen LogP contribution is -2.14. The van der Waals surface area contributed by atoms with Gasteiger partial charge in [-0.3, -0.25) is 4.79 Å². The molecule has 3 N–H and O–H groups in total. The van der Waals surface area contributed by atoms with Crippen LogP contribution in [-0.2, 0) is 0 Å². The zero-order chi connectivity index (χ0) is 14.9. The van der Waals surface area contributed by atoms with Gasteiger partial charge in [0, 0.05) is 0 Å². The van der Waals surface area contributed by atoms with Crippen molar-refractivity contribution in [3.8, 4) is 0 Å². The standard InChI is InChI=1S/C13H8Cl4N2O/c14-7-3-1-2-6(12(7)18)13(20)19-11-5-9(16)8(15)4-10(11)17/h1-5H,18H2,(H,19,20). The predicted molar refractivity (Wildman–Crippen MR) is 85.3 cm³/mol. The topological polar surface area (TPSA) is 55.1 Å². The Kier molecular flexibility index (Phi) is 4.66. The van der Waals surface area contributed by atoms with Crippen LogP contribution >= 0.6 is 46.4 Å². The van der Waals surface area contributed by atoms with Crippen molar-refractivity contribution in [2.24, 2.45) is 0 Å². The van der Waals surface area contributed by atoms with Gasteiger partial charge >= 0.3 is 0 Å². The molecule has 0 spiro atoms. The summed E-state index contributed by atoms with van der Waals surface area (Å²) in [6.07, 6.45) is 0. The number of nitrogen functional groups attached to an aromatic ring is 1. The van der Waals surface area contributed by atoms with Gasteiger partial charge in [0.2, 0.25) is 0 Å². The van der Waals surface area contributed by atoms with Crippen LogP contribution in [0.25, 0.3) is 0 Å². The fraction of sp³-hybridized carbons (Fsp3) is 0. The van der Waals surface area contributed by atoms with E-state index in [0.717, 1.165) is 0 Å². The molecule has 0 aromatic heterocycles. The van der Waals surface area contributed by atoms with Crippen LogP contribution in [0, 0.1) is 0 Å². The second-order valence-electron chi connectivity index (χ2n) is 3.90. The van der Waals surface area contributed by atoms with E-state index in [2.05, 4.69) is 5.32 Å². The molecule has 2 aromatic carbocycles. The molecule has 0 fully saturated rings. The highest BCUT2D eigenvalue weighted by molar-refractivity contribution is 6.44. The number of para-hydroxylation sites is 1. The molecule has 0 aliphatic rings. The molecule has 0 bridgehead atoms. The zero-order valence-corrected chi connectivity index (χ0v) is 12.9. The summed E-state index contributed by atoms with van der Waals surface area (Å²) >= 11 is 23.6. The maximum atomic E-state index is 12.2. The first kappa shape index (κ1) is 15.3. The molecule has 0 atom stereocenters. The quantitative estimate of drug-likeness (QED) is 0.583. The minimum absolute atomic E-state index is 0.197. The number of carbonyl (C=O) groups excluding carboxylic acids is 1. The van der Waals surface area contributed by atoms with Gasteiger partial charge < -0.3 is 11.1 Å². The average Bonchev–Trinajstić information content (AvgIpc) is 2.39. The van der Waals surface area contributed by atoms with E-state index < -0.39 is 5.91 Å². The third kappa shape index (κ3) is 3.13. The van der Waals surface area contributed by atoms with Gasteiger partial charge in [-0.05, 0) is 24.3 Å². The number of nitrogens with two attached hydrogens (primary N) is 1. The van der Waals surface area contributed by atoms with Crippen LogP contribution in [0.3, 0.4) is 0 Å². The first-order chi connectivity index (χ1) is 9.40. The maximum absolute atomic E-state index is 12.2. The molecule has 2 rings (SSSR count). The van der Waals surface area contributed by atoms with E-state index in [1.165, 1.54) is 12.1 Å². The summed E-state index contributed by atoms with van der Waals surface area (Å²) in [6, 6.07) is 7.69. The largest absolute Gasteiger partial charge is 0.397 e. The minimum Gasteiger partial charge on any atom is -0.397 e. The van der Waals surface area contributed by atoms with Gasteiger partial charge in [0.05, 0.1) is 37.0 Å². The normalized spacial score (nSPS) is 10.4. The Morgan fingerprint density at radius 2 is 1.60 bits per heavy atom. The summed E-state index contributed by atoms with van der Waals surface area (Å²) in [6.45, 7) is 0. The Labute approximate surface area is 135 Å². The highest BCUT2D eigenvalue weighted by atomic mass is 35.5. The number of rotatable bonds is 2. The fourth-order valence-electron chi connectivity index (χ4n) is 1.54. The molecule has 104 valence electrons. The van der Waals surface area contributed by atoms with Crippen molar-refractivity contribution in [1.29, 1.82) is 0 Å². The first-order valence-electron chi connectivity index (χ1n) is 5.40. The third-order valence-corrected chi connectivity index (χ3v) is 3.92. The van der Waals surface area contributed by atoms with E-state index in [0.29, 0.717) is 15.7 Å². The lowest BCUT2D eigenvalue weighted by molar-refractivity contribution is 0.102. The van der Waals surface area contributed by atoms with E-state index in [1.54, 1.807) is 18.2 Å². The number of carbonyl (C=O) groups is 1.